The Morgan fingerprint density at radius 1 is 1.47 bits per heavy atom. The van der Waals surface area contributed by atoms with Gasteiger partial charge in [0.05, 0.1) is 12.2 Å². The van der Waals surface area contributed by atoms with Gasteiger partial charge < -0.3 is 15.2 Å². The summed E-state index contributed by atoms with van der Waals surface area (Å²) >= 11 is 0. The molecule has 5 heteroatoms. The number of aliphatic hydroxyl groups is 1. The number of aryl methyl sites for hydroxylation is 1. The molecule has 0 atom stereocenters. The van der Waals surface area contributed by atoms with E-state index in [0.717, 1.165) is 25.0 Å². The first-order valence-corrected chi connectivity index (χ1v) is 6.06. The van der Waals surface area contributed by atoms with Gasteiger partial charge in [-0.3, -0.25) is 0 Å². The minimum atomic E-state index is -0.571. The van der Waals surface area contributed by atoms with Gasteiger partial charge in [0.15, 0.2) is 0 Å². The van der Waals surface area contributed by atoms with Gasteiger partial charge in [-0.1, -0.05) is 0 Å². The van der Waals surface area contributed by atoms with E-state index in [2.05, 4.69) is 15.3 Å². The summed E-state index contributed by atoms with van der Waals surface area (Å²) in [5, 5.41) is 13.0. The fourth-order valence-electron chi connectivity index (χ4n) is 1.85. The van der Waals surface area contributed by atoms with Crippen LogP contribution in [-0.2, 0) is 0 Å². The Hall–Kier alpha value is -1.36. The summed E-state index contributed by atoms with van der Waals surface area (Å²) in [7, 11) is 0. The van der Waals surface area contributed by atoms with Crippen molar-refractivity contribution in [1.82, 2.24) is 9.97 Å². The average Bonchev–Trinajstić information content (AvgIpc) is 2.23. The second-order valence-electron chi connectivity index (χ2n) is 4.54. The molecule has 1 aliphatic carbocycles. The van der Waals surface area contributed by atoms with Crippen LogP contribution in [0.4, 0.5) is 5.95 Å². The van der Waals surface area contributed by atoms with E-state index in [0.29, 0.717) is 25.0 Å². The van der Waals surface area contributed by atoms with E-state index in [4.69, 9.17) is 4.74 Å². The van der Waals surface area contributed by atoms with Crippen molar-refractivity contribution in [1.29, 1.82) is 0 Å². The molecule has 94 valence electrons. The molecule has 17 heavy (non-hydrogen) atoms. The Bertz CT molecular complexity index is 391. The first-order valence-electron chi connectivity index (χ1n) is 6.06. The molecule has 0 spiro atoms. The van der Waals surface area contributed by atoms with Crippen molar-refractivity contribution < 1.29 is 9.84 Å². The molecule has 0 radical (unpaired) electrons. The van der Waals surface area contributed by atoms with Crippen LogP contribution in [0.25, 0.3) is 0 Å². The zero-order valence-electron chi connectivity index (χ0n) is 10.4. The van der Waals surface area contributed by atoms with Crippen LogP contribution in [0, 0.1) is 6.92 Å². The molecule has 1 aromatic rings. The van der Waals surface area contributed by atoms with E-state index in [9.17, 15) is 5.11 Å². The maximum atomic E-state index is 9.96. The van der Waals surface area contributed by atoms with Crippen molar-refractivity contribution in [3.8, 4) is 5.88 Å². The lowest BCUT2D eigenvalue weighted by Crippen LogP contribution is -2.43. The average molecular weight is 237 g/mol. The molecule has 5 nitrogen and oxygen atoms in total. The maximum Gasteiger partial charge on any atom is 0.226 e. The molecule has 2 rings (SSSR count). The van der Waals surface area contributed by atoms with Gasteiger partial charge in [0, 0.05) is 18.3 Å². The molecule has 0 unspecified atom stereocenters. The number of nitrogens with zero attached hydrogens (tertiary/aromatic N) is 2. The van der Waals surface area contributed by atoms with Crippen LogP contribution in [0.2, 0.25) is 0 Å². The summed E-state index contributed by atoms with van der Waals surface area (Å²) in [6.45, 7) is 4.90. The summed E-state index contributed by atoms with van der Waals surface area (Å²) in [6.07, 6.45) is 2.80. The molecule has 0 saturated heterocycles. The van der Waals surface area contributed by atoms with Gasteiger partial charge in [0.2, 0.25) is 11.8 Å². The third kappa shape index (κ3) is 3.06. The zero-order valence-corrected chi connectivity index (χ0v) is 10.4. The normalized spacial score (nSPS) is 17.4. The molecule has 0 aromatic carbocycles. The van der Waals surface area contributed by atoms with Crippen molar-refractivity contribution in [2.24, 2.45) is 0 Å². The van der Waals surface area contributed by atoms with Crippen LogP contribution < -0.4 is 10.1 Å². The highest BCUT2D eigenvalue weighted by Crippen LogP contribution is 2.31. The molecule has 0 amide bonds. The minimum absolute atomic E-state index is 0.502. The highest BCUT2D eigenvalue weighted by Gasteiger charge is 2.34. The number of nitrogens with one attached hydrogen (secondary N) is 1. The first-order chi connectivity index (χ1) is 8.11. The standard InChI is InChI=1S/C12H19N3O2/c1-3-17-10-7-9(2)14-11(15-10)13-8-12(16)5-4-6-12/h7,16H,3-6,8H2,1-2H3,(H,13,14,15). The fourth-order valence-corrected chi connectivity index (χ4v) is 1.85. The first kappa shape index (κ1) is 12.1. The molecule has 1 aliphatic rings. The third-order valence-electron chi connectivity index (χ3n) is 2.98. The van der Waals surface area contributed by atoms with Gasteiger partial charge in [-0.25, -0.2) is 4.98 Å². The van der Waals surface area contributed by atoms with E-state index in [1.165, 1.54) is 0 Å². The topological polar surface area (TPSA) is 67.3 Å². The zero-order chi connectivity index (χ0) is 12.3. The lowest BCUT2D eigenvalue weighted by molar-refractivity contribution is -0.0203. The third-order valence-corrected chi connectivity index (χ3v) is 2.98. The molecule has 1 saturated carbocycles. The highest BCUT2D eigenvalue weighted by molar-refractivity contribution is 5.31. The Kier molecular flexibility index (Phi) is 3.47. The van der Waals surface area contributed by atoms with Crippen molar-refractivity contribution in [3.05, 3.63) is 11.8 Å². The van der Waals surface area contributed by atoms with Gasteiger partial charge in [0.25, 0.3) is 0 Å². The molecule has 0 aliphatic heterocycles. The van der Waals surface area contributed by atoms with Crippen molar-refractivity contribution in [2.45, 2.75) is 38.7 Å². The Labute approximate surface area is 101 Å². The van der Waals surface area contributed by atoms with E-state index in [1.807, 2.05) is 13.8 Å². The van der Waals surface area contributed by atoms with Crippen LogP contribution in [0.1, 0.15) is 31.9 Å². The number of rotatable bonds is 5. The van der Waals surface area contributed by atoms with Crippen LogP contribution in [0.5, 0.6) is 5.88 Å². The van der Waals surface area contributed by atoms with Gasteiger partial charge in [-0.15, -0.1) is 0 Å². The smallest absolute Gasteiger partial charge is 0.226 e. The summed E-state index contributed by atoms with van der Waals surface area (Å²) in [4.78, 5) is 8.49. The van der Waals surface area contributed by atoms with E-state index >= 15 is 0 Å². The van der Waals surface area contributed by atoms with Crippen LogP contribution in [0.15, 0.2) is 6.07 Å². The molecule has 1 heterocycles. The fraction of sp³-hybridized carbons (Fsp3) is 0.667. The quantitative estimate of drug-likeness (QED) is 0.812. The van der Waals surface area contributed by atoms with E-state index < -0.39 is 5.60 Å². The molecular formula is C12H19N3O2. The predicted octanol–water partition coefficient (Wildman–Crippen LogP) is 1.51. The summed E-state index contributed by atoms with van der Waals surface area (Å²) in [5.41, 5.74) is 0.283. The SMILES string of the molecule is CCOc1cc(C)nc(NCC2(O)CCC2)n1. The Morgan fingerprint density at radius 3 is 2.82 bits per heavy atom. The van der Waals surface area contributed by atoms with Crippen molar-refractivity contribution >= 4 is 5.95 Å². The summed E-state index contributed by atoms with van der Waals surface area (Å²) < 4.78 is 5.35. The van der Waals surface area contributed by atoms with Crippen LogP contribution in [-0.4, -0.2) is 33.8 Å². The summed E-state index contributed by atoms with van der Waals surface area (Å²) in [5.74, 6) is 1.09. The van der Waals surface area contributed by atoms with Gasteiger partial charge >= 0.3 is 0 Å². The Balaban J connectivity index is 1.99. The predicted molar refractivity (Wildman–Crippen MR) is 65.2 cm³/mol. The second kappa shape index (κ2) is 4.87. The maximum absolute atomic E-state index is 9.96. The molecule has 1 fully saturated rings. The number of hydrogen-bond acceptors (Lipinski definition) is 5. The minimum Gasteiger partial charge on any atom is -0.478 e. The van der Waals surface area contributed by atoms with Gasteiger partial charge in [-0.05, 0) is 33.1 Å². The van der Waals surface area contributed by atoms with E-state index in [-0.39, 0.29) is 0 Å². The van der Waals surface area contributed by atoms with Gasteiger partial charge in [0.1, 0.15) is 0 Å². The molecule has 2 N–H and O–H groups in total. The Morgan fingerprint density at radius 2 is 2.24 bits per heavy atom. The van der Waals surface area contributed by atoms with E-state index in [1.54, 1.807) is 6.07 Å². The molecule has 0 bridgehead atoms. The molecule has 1 aromatic heterocycles. The van der Waals surface area contributed by atoms with Crippen LogP contribution >= 0.6 is 0 Å². The van der Waals surface area contributed by atoms with Crippen molar-refractivity contribution in [3.63, 3.8) is 0 Å². The largest absolute Gasteiger partial charge is 0.478 e. The molecular weight excluding hydrogens is 218 g/mol. The lowest BCUT2D eigenvalue weighted by atomic mass is 9.80. The lowest BCUT2D eigenvalue weighted by Gasteiger charge is -2.36. The number of anilines is 1. The number of ether oxygens (including phenoxy) is 1. The monoisotopic (exact) mass is 237 g/mol. The number of aromatic nitrogens is 2. The van der Waals surface area contributed by atoms with Crippen LogP contribution in [0.3, 0.4) is 0 Å². The highest BCUT2D eigenvalue weighted by atomic mass is 16.5. The van der Waals surface area contributed by atoms with Gasteiger partial charge in [-0.2, -0.15) is 4.98 Å². The number of hydrogen-bond donors (Lipinski definition) is 2. The van der Waals surface area contributed by atoms with Crippen molar-refractivity contribution in [2.75, 3.05) is 18.5 Å². The summed E-state index contributed by atoms with van der Waals surface area (Å²) in [6, 6.07) is 1.80. The second-order valence-corrected chi connectivity index (χ2v) is 4.54.